The maximum Gasteiger partial charge on any atom is 0.261 e. The van der Waals surface area contributed by atoms with Crippen molar-refractivity contribution in [1.82, 2.24) is 5.32 Å². The van der Waals surface area contributed by atoms with Gasteiger partial charge in [-0.1, -0.05) is 0 Å². The predicted molar refractivity (Wildman–Crippen MR) is 84.7 cm³/mol. The van der Waals surface area contributed by atoms with Crippen LogP contribution in [0.4, 0.5) is 0 Å². The number of carbonyl (C=O) groups is 1. The molecule has 0 unspecified atom stereocenters. The van der Waals surface area contributed by atoms with E-state index in [0.717, 1.165) is 14.2 Å². The maximum absolute atomic E-state index is 11.8. The van der Waals surface area contributed by atoms with Gasteiger partial charge in [-0.2, -0.15) is 5.26 Å². The third kappa shape index (κ3) is 6.18. The van der Waals surface area contributed by atoms with Crippen molar-refractivity contribution < 1.29 is 9.53 Å². The van der Waals surface area contributed by atoms with Gasteiger partial charge in [0.05, 0.1) is 2.88 Å². The number of hydrogen-bond acceptors (Lipinski definition) is 4. The molecule has 102 valence electrons. The van der Waals surface area contributed by atoms with Crippen LogP contribution in [0.2, 0.25) is 0 Å². The summed E-state index contributed by atoms with van der Waals surface area (Å²) in [5.74, 6) is -0.331. The zero-order chi connectivity index (χ0) is 14.1. The molecule has 0 spiro atoms. The Bertz CT molecular complexity index is 491. The molecule has 19 heavy (non-hydrogen) atoms. The Labute approximate surface area is 130 Å². The standard InChI is InChI=1S/C13H15IN2O2S/c1-2-18-7-3-6-16-13(17)10(9-15)8-11-4-5-12(14)19-11/h4-5,8H,2-3,6-7H2,1H3,(H,16,17)/b10-8+. The second kappa shape index (κ2) is 9.07. The molecule has 0 aliphatic rings. The van der Waals surface area contributed by atoms with Crippen LogP contribution in [-0.2, 0) is 9.53 Å². The van der Waals surface area contributed by atoms with E-state index in [1.54, 1.807) is 17.4 Å². The molecule has 0 aliphatic carbocycles. The average Bonchev–Trinajstić information content (AvgIpc) is 2.81. The first kappa shape index (κ1) is 16.1. The average molecular weight is 390 g/mol. The molecule has 4 nitrogen and oxygen atoms in total. The SMILES string of the molecule is CCOCCCNC(=O)/C(C#N)=C/c1ccc(I)s1. The Morgan fingerprint density at radius 1 is 1.63 bits per heavy atom. The normalized spacial score (nSPS) is 11.1. The van der Waals surface area contributed by atoms with Gasteiger partial charge in [0.2, 0.25) is 0 Å². The van der Waals surface area contributed by atoms with Crippen molar-refractivity contribution in [3.05, 3.63) is 25.5 Å². The van der Waals surface area contributed by atoms with E-state index in [4.69, 9.17) is 10.00 Å². The summed E-state index contributed by atoms with van der Waals surface area (Å²) in [6.45, 7) is 3.73. The van der Waals surface area contributed by atoms with Gasteiger partial charge in [-0.3, -0.25) is 4.79 Å². The summed E-state index contributed by atoms with van der Waals surface area (Å²) < 4.78 is 6.29. The number of amides is 1. The lowest BCUT2D eigenvalue weighted by atomic mass is 10.2. The molecule has 0 aliphatic heterocycles. The number of rotatable bonds is 7. The number of ether oxygens (including phenoxy) is 1. The molecule has 1 N–H and O–H groups in total. The Morgan fingerprint density at radius 3 is 3.00 bits per heavy atom. The first-order chi connectivity index (χ1) is 9.17. The lowest BCUT2D eigenvalue weighted by Gasteiger charge is -2.04. The van der Waals surface area contributed by atoms with Crippen molar-refractivity contribution in [3.63, 3.8) is 0 Å². The maximum atomic E-state index is 11.8. The van der Waals surface area contributed by atoms with E-state index < -0.39 is 0 Å². The number of carbonyl (C=O) groups excluding carboxylic acids is 1. The van der Waals surface area contributed by atoms with Gasteiger partial charge in [0.25, 0.3) is 5.91 Å². The minimum atomic E-state index is -0.331. The Morgan fingerprint density at radius 2 is 2.42 bits per heavy atom. The van der Waals surface area contributed by atoms with Crippen LogP contribution in [0.15, 0.2) is 17.7 Å². The van der Waals surface area contributed by atoms with Crippen molar-refractivity contribution >= 4 is 45.9 Å². The molecule has 0 aromatic carbocycles. The summed E-state index contributed by atoms with van der Waals surface area (Å²) in [7, 11) is 0. The lowest BCUT2D eigenvalue weighted by Crippen LogP contribution is -2.26. The topological polar surface area (TPSA) is 62.1 Å². The molecule has 0 atom stereocenters. The van der Waals surface area contributed by atoms with Crippen LogP contribution in [0.3, 0.4) is 0 Å². The quantitative estimate of drug-likeness (QED) is 0.337. The summed E-state index contributed by atoms with van der Waals surface area (Å²) in [6, 6.07) is 5.78. The second-order valence-electron chi connectivity index (χ2n) is 3.62. The van der Waals surface area contributed by atoms with E-state index in [1.807, 2.05) is 25.1 Å². The van der Waals surface area contributed by atoms with Crippen LogP contribution < -0.4 is 5.32 Å². The molecule has 0 fully saturated rings. The summed E-state index contributed by atoms with van der Waals surface area (Å²) in [6.07, 6.45) is 2.36. The molecule has 1 aromatic heterocycles. The fourth-order valence-electron chi connectivity index (χ4n) is 1.31. The van der Waals surface area contributed by atoms with E-state index in [0.29, 0.717) is 19.8 Å². The van der Waals surface area contributed by atoms with Crippen molar-refractivity contribution in [3.8, 4) is 6.07 Å². The third-order valence-electron chi connectivity index (χ3n) is 2.20. The van der Waals surface area contributed by atoms with Gasteiger partial charge in [0, 0.05) is 24.6 Å². The molecule has 1 heterocycles. The molecule has 0 saturated carbocycles. The summed E-state index contributed by atoms with van der Waals surface area (Å²) in [5.41, 5.74) is 0.134. The van der Waals surface area contributed by atoms with Gasteiger partial charge in [-0.25, -0.2) is 0 Å². The minimum Gasteiger partial charge on any atom is -0.382 e. The molecule has 0 saturated heterocycles. The highest BCUT2D eigenvalue weighted by Gasteiger charge is 2.08. The summed E-state index contributed by atoms with van der Waals surface area (Å²) >= 11 is 3.75. The van der Waals surface area contributed by atoms with E-state index in [9.17, 15) is 4.79 Å². The number of thiophene rings is 1. The van der Waals surface area contributed by atoms with Gasteiger partial charge in [0.1, 0.15) is 11.6 Å². The van der Waals surface area contributed by atoms with Crippen molar-refractivity contribution in [1.29, 1.82) is 5.26 Å². The molecule has 1 rings (SSSR count). The zero-order valence-corrected chi connectivity index (χ0v) is 13.6. The van der Waals surface area contributed by atoms with Crippen LogP contribution in [0.25, 0.3) is 6.08 Å². The molecule has 1 aromatic rings. The Kier molecular flexibility index (Phi) is 7.70. The first-order valence-corrected chi connectivity index (χ1v) is 7.80. The monoisotopic (exact) mass is 390 g/mol. The fourth-order valence-corrected chi connectivity index (χ4v) is 2.93. The molecule has 0 bridgehead atoms. The van der Waals surface area contributed by atoms with Crippen LogP contribution >= 0.6 is 33.9 Å². The summed E-state index contributed by atoms with van der Waals surface area (Å²) in [5, 5.41) is 11.7. The van der Waals surface area contributed by atoms with Crippen LogP contribution in [0, 0.1) is 14.2 Å². The number of nitrogens with zero attached hydrogens (tertiary/aromatic N) is 1. The van der Waals surface area contributed by atoms with E-state index in [-0.39, 0.29) is 11.5 Å². The van der Waals surface area contributed by atoms with E-state index >= 15 is 0 Å². The van der Waals surface area contributed by atoms with Crippen LogP contribution in [0.1, 0.15) is 18.2 Å². The number of hydrogen-bond donors (Lipinski definition) is 1. The fraction of sp³-hybridized carbons (Fsp3) is 0.385. The first-order valence-electron chi connectivity index (χ1n) is 5.90. The number of nitriles is 1. The second-order valence-corrected chi connectivity index (χ2v) is 6.63. The molecule has 1 amide bonds. The van der Waals surface area contributed by atoms with Gasteiger partial charge in [0.15, 0.2) is 0 Å². The molecule has 6 heteroatoms. The number of nitrogens with one attached hydrogen (secondary N) is 1. The van der Waals surface area contributed by atoms with Crippen LogP contribution in [0.5, 0.6) is 0 Å². The highest BCUT2D eigenvalue weighted by atomic mass is 127. The van der Waals surface area contributed by atoms with E-state index in [1.165, 1.54) is 0 Å². The Balaban J connectivity index is 2.49. The van der Waals surface area contributed by atoms with Gasteiger partial charge in [-0.05, 0) is 54.1 Å². The number of halogens is 1. The third-order valence-corrected chi connectivity index (χ3v) is 4.04. The Hall–Kier alpha value is -0.910. The summed E-state index contributed by atoms with van der Waals surface area (Å²) in [4.78, 5) is 12.7. The zero-order valence-electron chi connectivity index (χ0n) is 10.6. The lowest BCUT2D eigenvalue weighted by molar-refractivity contribution is -0.117. The smallest absolute Gasteiger partial charge is 0.261 e. The van der Waals surface area contributed by atoms with Crippen molar-refractivity contribution in [2.24, 2.45) is 0 Å². The van der Waals surface area contributed by atoms with Gasteiger partial charge in [-0.15, -0.1) is 11.3 Å². The molecule has 0 radical (unpaired) electrons. The van der Waals surface area contributed by atoms with E-state index in [2.05, 4.69) is 27.9 Å². The highest BCUT2D eigenvalue weighted by Crippen LogP contribution is 2.20. The molecular weight excluding hydrogens is 375 g/mol. The molecular formula is C13H15IN2O2S. The van der Waals surface area contributed by atoms with Crippen molar-refractivity contribution in [2.45, 2.75) is 13.3 Å². The largest absolute Gasteiger partial charge is 0.382 e. The minimum absolute atomic E-state index is 0.134. The van der Waals surface area contributed by atoms with Crippen LogP contribution in [-0.4, -0.2) is 25.7 Å². The highest BCUT2D eigenvalue weighted by molar-refractivity contribution is 14.1. The van der Waals surface area contributed by atoms with Gasteiger partial charge < -0.3 is 10.1 Å². The predicted octanol–water partition coefficient (Wildman–Crippen LogP) is 2.80. The van der Waals surface area contributed by atoms with Crippen molar-refractivity contribution in [2.75, 3.05) is 19.8 Å². The van der Waals surface area contributed by atoms with Gasteiger partial charge >= 0.3 is 0 Å².